The van der Waals surface area contributed by atoms with Crippen LogP contribution in [0.15, 0.2) is 34.8 Å². The first-order chi connectivity index (χ1) is 12.0. The lowest BCUT2D eigenvalue weighted by atomic mass is 10.2. The van der Waals surface area contributed by atoms with Crippen LogP contribution in [0.25, 0.3) is 0 Å². The van der Waals surface area contributed by atoms with Crippen molar-refractivity contribution >= 4 is 21.9 Å². The number of rotatable bonds is 7. The number of carbonyl (C=O) groups excluding carboxylic acids is 1. The topological polar surface area (TPSA) is 63.2 Å². The fourth-order valence-electron chi connectivity index (χ4n) is 2.20. The largest absolute Gasteiger partial charge is 0.493 e. The predicted octanol–water partition coefficient (Wildman–Crippen LogP) is 3.84. The first-order valence-corrected chi connectivity index (χ1v) is 8.12. The van der Waals surface area contributed by atoms with E-state index in [0.717, 1.165) is 10.0 Å². The third kappa shape index (κ3) is 4.36. The van der Waals surface area contributed by atoms with Gasteiger partial charge in [0.25, 0.3) is 0 Å². The molecule has 7 heteroatoms. The number of halogens is 1. The molecule has 134 valence electrons. The van der Waals surface area contributed by atoms with Gasteiger partial charge in [0.2, 0.25) is 0 Å². The van der Waals surface area contributed by atoms with E-state index in [4.69, 9.17) is 23.7 Å². The van der Waals surface area contributed by atoms with Gasteiger partial charge in [-0.05, 0) is 30.3 Å². The zero-order valence-electron chi connectivity index (χ0n) is 14.4. The summed E-state index contributed by atoms with van der Waals surface area (Å²) < 4.78 is 27.0. The summed E-state index contributed by atoms with van der Waals surface area (Å²) in [6, 6.07) is 8.36. The second-order valence-corrected chi connectivity index (χ2v) is 5.80. The molecule has 0 aliphatic carbocycles. The lowest BCUT2D eigenvalue weighted by Crippen LogP contribution is -2.06. The summed E-state index contributed by atoms with van der Waals surface area (Å²) in [5.74, 6) is 1.68. The first kappa shape index (κ1) is 18.9. The molecule has 0 heterocycles. The van der Waals surface area contributed by atoms with Crippen LogP contribution in [0.3, 0.4) is 0 Å². The number of hydrogen-bond donors (Lipinski definition) is 0. The average Bonchev–Trinajstić information content (AvgIpc) is 2.65. The smallest absolute Gasteiger partial charge is 0.338 e. The van der Waals surface area contributed by atoms with Crippen LogP contribution in [-0.2, 0) is 11.3 Å². The molecule has 0 aromatic heterocycles. The Labute approximate surface area is 154 Å². The van der Waals surface area contributed by atoms with Crippen LogP contribution >= 0.6 is 15.9 Å². The molecule has 0 amide bonds. The van der Waals surface area contributed by atoms with Gasteiger partial charge in [0, 0.05) is 10.0 Å². The zero-order chi connectivity index (χ0) is 18.4. The van der Waals surface area contributed by atoms with Crippen LogP contribution in [-0.4, -0.2) is 34.4 Å². The van der Waals surface area contributed by atoms with Gasteiger partial charge in [0.05, 0.1) is 34.0 Å². The third-order valence-corrected chi connectivity index (χ3v) is 4.27. The van der Waals surface area contributed by atoms with Crippen molar-refractivity contribution in [2.24, 2.45) is 0 Å². The first-order valence-electron chi connectivity index (χ1n) is 7.33. The Bertz CT molecular complexity index is 759. The molecule has 0 atom stereocenters. The Morgan fingerprint density at radius 1 is 0.840 bits per heavy atom. The van der Waals surface area contributed by atoms with Crippen LogP contribution in [0.4, 0.5) is 0 Å². The van der Waals surface area contributed by atoms with Crippen molar-refractivity contribution in [3.8, 4) is 23.0 Å². The third-order valence-electron chi connectivity index (χ3n) is 3.53. The second-order valence-electron chi connectivity index (χ2n) is 4.94. The maximum Gasteiger partial charge on any atom is 0.338 e. The summed E-state index contributed by atoms with van der Waals surface area (Å²) in [6.45, 7) is 0.0775. The van der Waals surface area contributed by atoms with Gasteiger partial charge >= 0.3 is 5.97 Å². The van der Waals surface area contributed by atoms with Crippen LogP contribution in [0.5, 0.6) is 23.0 Å². The van der Waals surface area contributed by atoms with Crippen molar-refractivity contribution in [1.29, 1.82) is 0 Å². The highest BCUT2D eigenvalue weighted by Gasteiger charge is 2.14. The molecule has 0 unspecified atom stereocenters. The SMILES string of the molecule is COc1ccc(C(=O)OCc2cc(OC)c(OC)cc2Br)cc1OC. The van der Waals surface area contributed by atoms with Crippen molar-refractivity contribution in [1.82, 2.24) is 0 Å². The van der Waals surface area contributed by atoms with Gasteiger partial charge in [-0.25, -0.2) is 4.79 Å². The average molecular weight is 411 g/mol. The highest BCUT2D eigenvalue weighted by Crippen LogP contribution is 2.34. The minimum atomic E-state index is -0.470. The number of carbonyl (C=O) groups is 1. The van der Waals surface area contributed by atoms with Gasteiger partial charge in [0.1, 0.15) is 6.61 Å². The molecule has 0 saturated carbocycles. The van der Waals surface area contributed by atoms with E-state index in [2.05, 4.69) is 15.9 Å². The standard InChI is InChI=1S/C18H19BrO6/c1-21-14-6-5-11(7-15(14)22-2)18(20)25-10-12-8-16(23-3)17(24-4)9-13(12)19/h5-9H,10H2,1-4H3. The molecular formula is C18H19BrO6. The Morgan fingerprint density at radius 3 is 2.00 bits per heavy atom. The zero-order valence-corrected chi connectivity index (χ0v) is 16.0. The van der Waals surface area contributed by atoms with Gasteiger partial charge in [-0.1, -0.05) is 15.9 Å². The Balaban J connectivity index is 2.15. The van der Waals surface area contributed by atoms with Crippen molar-refractivity contribution < 1.29 is 28.5 Å². The molecule has 6 nitrogen and oxygen atoms in total. The second kappa shape index (κ2) is 8.62. The van der Waals surface area contributed by atoms with E-state index < -0.39 is 5.97 Å². The molecule has 0 N–H and O–H groups in total. The summed E-state index contributed by atoms with van der Waals surface area (Å²) >= 11 is 3.44. The van der Waals surface area contributed by atoms with Gasteiger partial charge in [-0.15, -0.1) is 0 Å². The summed E-state index contributed by atoms with van der Waals surface area (Å²) in [6.07, 6.45) is 0. The molecule has 0 aliphatic heterocycles. The highest BCUT2D eigenvalue weighted by atomic mass is 79.9. The molecule has 0 fully saturated rings. The number of methoxy groups -OCH3 is 4. The lowest BCUT2D eigenvalue weighted by Gasteiger charge is -2.13. The number of ether oxygens (including phenoxy) is 5. The molecule has 0 radical (unpaired) electrons. The number of hydrogen-bond acceptors (Lipinski definition) is 6. The number of esters is 1. The molecule has 0 spiro atoms. The minimum Gasteiger partial charge on any atom is -0.493 e. The van der Waals surface area contributed by atoms with Crippen molar-refractivity contribution in [3.63, 3.8) is 0 Å². The van der Waals surface area contributed by atoms with Crippen molar-refractivity contribution in [2.45, 2.75) is 6.61 Å². The summed E-state index contributed by atoms with van der Waals surface area (Å²) in [7, 11) is 6.14. The molecule has 0 aliphatic rings. The molecule has 2 aromatic rings. The highest BCUT2D eigenvalue weighted by molar-refractivity contribution is 9.10. The van der Waals surface area contributed by atoms with E-state index in [1.54, 1.807) is 44.6 Å². The van der Waals surface area contributed by atoms with Crippen LogP contribution in [0.1, 0.15) is 15.9 Å². The van der Waals surface area contributed by atoms with Gasteiger partial charge < -0.3 is 23.7 Å². The monoisotopic (exact) mass is 410 g/mol. The molecule has 2 rings (SSSR count). The van der Waals surface area contributed by atoms with E-state index in [9.17, 15) is 4.79 Å². The molecular weight excluding hydrogens is 392 g/mol. The lowest BCUT2D eigenvalue weighted by molar-refractivity contribution is 0.0471. The van der Waals surface area contributed by atoms with E-state index in [-0.39, 0.29) is 6.61 Å². The maximum absolute atomic E-state index is 12.3. The fraction of sp³-hybridized carbons (Fsp3) is 0.278. The Hall–Kier alpha value is -2.41. The van der Waals surface area contributed by atoms with Crippen LogP contribution in [0.2, 0.25) is 0 Å². The van der Waals surface area contributed by atoms with Gasteiger partial charge in [-0.3, -0.25) is 0 Å². The quantitative estimate of drug-likeness (QED) is 0.646. The number of benzene rings is 2. The molecule has 0 bridgehead atoms. The molecule has 2 aromatic carbocycles. The van der Waals surface area contributed by atoms with Gasteiger partial charge in [-0.2, -0.15) is 0 Å². The summed E-state index contributed by atoms with van der Waals surface area (Å²) in [5, 5.41) is 0. The normalized spacial score (nSPS) is 10.1. The van der Waals surface area contributed by atoms with E-state index in [1.165, 1.54) is 14.2 Å². The fourth-order valence-corrected chi connectivity index (χ4v) is 2.63. The predicted molar refractivity (Wildman–Crippen MR) is 95.9 cm³/mol. The van der Waals surface area contributed by atoms with E-state index in [0.29, 0.717) is 28.6 Å². The minimum absolute atomic E-state index is 0.0775. The Morgan fingerprint density at radius 2 is 1.40 bits per heavy atom. The van der Waals surface area contributed by atoms with E-state index in [1.807, 2.05) is 0 Å². The van der Waals surface area contributed by atoms with E-state index >= 15 is 0 Å². The van der Waals surface area contributed by atoms with Crippen LogP contribution in [0, 0.1) is 0 Å². The van der Waals surface area contributed by atoms with Crippen LogP contribution < -0.4 is 18.9 Å². The van der Waals surface area contributed by atoms with Gasteiger partial charge in [0.15, 0.2) is 23.0 Å². The summed E-state index contributed by atoms with van der Waals surface area (Å²) in [4.78, 5) is 12.3. The van der Waals surface area contributed by atoms with Crippen molar-refractivity contribution in [2.75, 3.05) is 28.4 Å². The summed E-state index contributed by atoms with van der Waals surface area (Å²) in [5.41, 5.74) is 1.13. The Kier molecular flexibility index (Phi) is 6.52. The molecule has 25 heavy (non-hydrogen) atoms. The van der Waals surface area contributed by atoms with Crippen molar-refractivity contribution in [3.05, 3.63) is 45.9 Å². The maximum atomic E-state index is 12.3. The molecule has 0 saturated heterocycles.